The molecule has 3 heterocycles. The van der Waals surface area contributed by atoms with Crippen molar-refractivity contribution in [2.45, 2.75) is 0 Å². The summed E-state index contributed by atoms with van der Waals surface area (Å²) in [5, 5.41) is 9.68. The molecule has 0 fully saturated rings. The van der Waals surface area contributed by atoms with Gasteiger partial charge in [0.15, 0.2) is 5.58 Å². The molecule has 0 aliphatic heterocycles. The number of aromatic nitrogens is 1. The summed E-state index contributed by atoms with van der Waals surface area (Å²) in [6.07, 6.45) is 0. The summed E-state index contributed by atoms with van der Waals surface area (Å²) in [6, 6.07) is 61.3. The number of hydrogen-bond acceptors (Lipinski definition) is 3. The van der Waals surface area contributed by atoms with Crippen molar-refractivity contribution in [3.05, 3.63) is 170 Å². The molecule has 0 spiro atoms. The molecule has 3 aromatic heterocycles. The van der Waals surface area contributed by atoms with Gasteiger partial charge >= 0.3 is 0 Å². The van der Waals surface area contributed by atoms with Crippen molar-refractivity contribution in [2.75, 3.05) is 4.90 Å². The van der Waals surface area contributed by atoms with Gasteiger partial charge < -0.3 is 13.9 Å². The Balaban J connectivity index is 1.23. The molecule has 0 N–H and O–H groups in total. The van der Waals surface area contributed by atoms with E-state index in [4.69, 9.17) is 4.42 Å². The first-order valence-electron chi connectivity index (χ1n) is 16.9. The third kappa shape index (κ3) is 3.97. The molecule has 4 heteroatoms. The lowest BCUT2D eigenvalue weighted by Crippen LogP contribution is -2.11. The minimum absolute atomic E-state index is 0.875. The number of para-hydroxylation sites is 4. The van der Waals surface area contributed by atoms with E-state index in [2.05, 4.69) is 173 Å². The van der Waals surface area contributed by atoms with Crippen molar-refractivity contribution in [3.63, 3.8) is 0 Å². The molecule has 0 unspecified atom stereocenters. The van der Waals surface area contributed by atoms with Crippen molar-refractivity contribution in [1.82, 2.24) is 4.57 Å². The zero-order valence-corrected chi connectivity index (χ0v) is 27.7. The van der Waals surface area contributed by atoms with Crippen LogP contribution in [-0.2, 0) is 0 Å². The Hall–Kier alpha value is -6.36. The number of fused-ring (bicyclic) bond motifs is 10. The smallest absolute Gasteiger partial charge is 0.159 e. The molecule has 11 rings (SSSR count). The number of rotatable bonds is 4. The average Bonchev–Trinajstić information content (AvgIpc) is 3.84. The van der Waals surface area contributed by atoms with Crippen molar-refractivity contribution >= 4 is 103 Å². The van der Waals surface area contributed by atoms with Crippen LogP contribution in [0.15, 0.2) is 174 Å². The maximum Gasteiger partial charge on any atom is 0.159 e. The highest BCUT2D eigenvalue weighted by Gasteiger charge is 2.23. The van der Waals surface area contributed by atoms with Crippen molar-refractivity contribution in [2.24, 2.45) is 0 Å². The Morgan fingerprint density at radius 1 is 0.440 bits per heavy atom. The molecule has 0 saturated heterocycles. The van der Waals surface area contributed by atoms with Gasteiger partial charge in [-0.3, -0.25) is 0 Å². The van der Waals surface area contributed by atoms with E-state index in [-0.39, 0.29) is 0 Å². The fourth-order valence-corrected chi connectivity index (χ4v) is 9.07. The molecule has 8 aromatic carbocycles. The molecule has 11 aromatic rings. The monoisotopic (exact) mass is 656 g/mol. The molecular weight excluding hydrogens is 629 g/mol. The van der Waals surface area contributed by atoms with Gasteiger partial charge in [-0.05, 0) is 78.2 Å². The summed E-state index contributed by atoms with van der Waals surface area (Å²) in [7, 11) is 0. The van der Waals surface area contributed by atoms with E-state index in [1.165, 1.54) is 52.8 Å². The van der Waals surface area contributed by atoms with Gasteiger partial charge in [0.2, 0.25) is 0 Å². The van der Waals surface area contributed by atoms with Crippen LogP contribution in [-0.4, -0.2) is 4.57 Å². The molecule has 0 amide bonds. The summed E-state index contributed by atoms with van der Waals surface area (Å²) in [4.78, 5) is 2.40. The first kappa shape index (κ1) is 27.6. The molecule has 0 bridgehead atoms. The summed E-state index contributed by atoms with van der Waals surface area (Å²) < 4.78 is 11.7. The summed E-state index contributed by atoms with van der Waals surface area (Å²) in [5.74, 6) is 0. The van der Waals surface area contributed by atoms with Crippen molar-refractivity contribution < 1.29 is 4.42 Å². The molecule has 0 aliphatic rings. The number of furan rings is 1. The molecule has 50 heavy (non-hydrogen) atoms. The molecular formula is C46H28N2OS. The fraction of sp³-hybridized carbons (Fsp3) is 0. The summed E-state index contributed by atoms with van der Waals surface area (Å²) in [6.45, 7) is 0. The predicted octanol–water partition coefficient (Wildman–Crippen LogP) is 13.7. The van der Waals surface area contributed by atoms with Gasteiger partial charge in [0, 0.05) is 58.5 Å². The quantitative estimate of drug-likeness (QED) is 0.188. The predicted molar refractivity (Wildman–Crippen MR) is 213 cm³/mol. The van der Waals surface area contributed by atoms with E-state index in [1.807, 2.05) is 17.4 Å². The van der Waals surface area contributed by atoms with E-state index in [0.717, 1.165) is 44.7 Å². The molecule has 234 valence electrons. The first-order chi connectivity index (χ1) is 24.8. The third-order valence-corrected chi connectivity index (χ3v) is 11.3. The maximum atomic E-state index is 6.71. The zero-order valence-electron chi connectivity index (χ0n) is 26.9. The largest absolute Gasteiger partial charge is 0.454 e. The number of nitrogens with zero attached hydrogens (tertiary/aromatic N) is 2. The second kappa shape index (κ2) is 10.6. The average molecular weight is 657 g/mol. The van der Waals surface area contributed by atoms with E-state index >= 15 is 0 Å². The number of anilines is 3. The Morgan fingerprint density at radius 2 is 1.16 bits per heavy atom. The van der Waals surface area contributed by atoms with Crippen LogP contribution < -0.4 is 4.90 Å². The second-order valence-corrected chi connectivity index (χ2v) is 14.0. The molecule has 0 atom stereocenters. The maximum absolute atomic E-state index is 6.71. The summed E-state index contributed by atoms with van der Waals surface area (Å²) in [5.41, 5.74) is 8.47. The van der Waals surface area contributed by atoms with E-state index in [9.17, 15) is 0 Å². The lowest BCUT2D eigenvalue weighted by Gasteiger charge is -2.27. The minimum atomic E-state index is 0.875. The topological polar surface area (TPSA) is 21.3 Å². The molecule has 3 nitrogen and oxygen atoms in total. The number of benzene rings is 8. The van der Waals surface area contributed by atoms with Crippen LogP contribution in [0.1, 0.15) is 0 Å². The van der Waals surface area contributed by atoms with Crippen LogP contribution in [0.25, 0.3) is 80.4 Å². The van der Waals surface area contributed by atoms with Crippen molar-refractivity contribution in [1.29, 1.82) is 0 Å². The first-order valence-corrected chi connectivity index (χ1v) is 17.7. The normalized spacial score (nSPS) is 12.0. The Bertz CT molecular complexity index is 3110. The van der Waals surface area contributed by atoms with Crippen LogP contribution in [0.3, 0.4) is 0 Å². The van der Waals surface area contributed by atoms with Crippen LogP contribution in [0.2, 0.25) is 0 Å². The highest BCUT2D eigenvalue weighted by molar-refractivity contribution is 7.25. The second-order valence-electron chi connectivity index (χ2n) is 12.9. The van der Waals surface area contributed by atoms with Gasteiger partial charge in [0.1, 0.15) is 5.58 Å². The minimum Gasteiger partial charge on any atom is -0.454 e. The Kier molecular flexibility index (Phi) is 5.83. The van der Waals surface area contributed by atoms with Gasteiger partial charge in [-0.25, -0.2) is 0 Å². The Morgan fingerprint density at radius 3 is 2.08 bits per heavy atom. The van der Waals surface area contributed by atoms with Crippen LogP contribution in [0, 0.1) is 0 Å². The number of thiophene rings is 1. The molecule has 0 radical (unpaired) electrons. The van der Waals surface area contributed by atoms with E-state index < -0.39 is 0 Å². The highest BCUT2D eigenvalue weighted by Crippen LogP contribution is 2.47. The zero-order chi connectivity index (χ0) is 32.8. The highest BCUT2D eigenvalue weighted by atomic mass is 32.1. The number of hydrogen-bond donors (Lipinski definition) is 0. The fourth-order valence-electron chi connectivity index (χ4n) is 7.95. The third-order valence-electron chi connectivity index (χ3n) is 10.1. The SMILES string of the molecule is c1ccc(-n2c3ccccc3c3cc(N(c4cccc5cc6c(cc45)sc4ccccc46)c4cccc5c4oc4ccccc45)ccc32)cc1. The van der Waals surface area contributed by atoms with Crippen LogP contribution >= 0.6 is 11.3 Å². The van der Waals surface area contributed by atoms with Gasteiger partial charge in [-0.2, -0.15) is 0 Å². The van der Waals surface area contributed by atoms with Gasteiger partial charge in [-0.15, -0.1) is 11.3 Å². The van der Waals surface area contributed by atoms with Crippen LogP contribution in [0.4, 0.5) is 17.1 Å². The van der Waals surface area contributed by atoms with Gasteiger partial charge in [0.25, 0.3) is 0 Å². The molecule has 0 aliphatic carbocycles. The summed E-state index contributed by atoms with van der Waals surface area (Å²) >= 11 is 1.86. The lowest BCUT2D eigenvalue weighted by molar-refractivity contribution is 0.669. The van der Waals surface area contributed by atoms with Gasteiger partial charge in [-0.1, -0.05) is 97.1 Å². The molecule has 0 saturated carbocycles. The van der Waals surface area contributed by atoms with Gasteiger partial charge in [0.05, 0.1) is 22.4 Å². The lowest BCUT2D eigenvalue weighted by atomic mass is 10.0. The van der Waals surface area contributed by atoms with E-state index in [1.54, 1.807) is 0 Å². The Labute approximate surface area is 291 Å². The van der Waals surface area contributed by atoms with Crippen LogP contribution in [0.5, 0.6) is 0 Å². The standard InChI is InChI=1S/C46H28N2OS/c1-2-13-30(14-3-1)47-39-19-7-4-15-32(39)37-27-31(24-25-41(37)47)48(42-21-11-18-35-33-16-5-8-22-43(33)49-46(35)42)40-20-10-12-29-26-38-34-17-6-9-23-44(34)50-45(38)28-36(29)40/h1-28H. The van der Waals surface area contributed by atoms with Crippen molar-refractivity contribution in [3.8, 4) is 5.69 Å². The van der Waals surface area contributed by atoms with E-state index in [0.29, 0.717) is 0 Å².